The molecule has 30 heavy (non-hydrogen) atoms. The second-order valence-corrected chi connectivity index (χ2v) is 7.53. The molecule has 0 spiro atoms. The Hall–Kier alpha value is -3.52. The van der Waals surface area contributed by atoms with Crippen molar-refractivity contribution in [3.05, 3.63) is 87.7 Å². The summed E-state index contributed by atoms with van der Waals surface area (Å²) in [5.41, 5.74) is 8.44. The van der Waals surface area contributed by atoms with E-state index in [1.807, 2.05) is 36.4 Å². The Bertz CT molecular complexity index is 1060. The minimum atomic E-state index is -0.497. The standard InChI is InChI=1S/C22H23N5O3/c23-22(28)19-15-26(18-9-2-1-3-10-18)24-21(19)17-8-6-12-25(14-17)13-16-7-4-5-11-20(16)27(29)30/h1-5,7,9-11,15,17H,6,8,12-14H2,(H2,23,28)/t17-/m1/s1. The van der Waals surface area contributed by atoms with Crippen LogP contribution in [0.15, 0.2) is 60.8 Å². The smallest absolute Gasteiger partial charge is 0.273 e. The van der Waals surface area contributed by atoms with Crippen molar-refractivity contribution in [2.24, 2.45) is 5.73 Å². The number of carbonyl (C=O) groups excluding carboxylic acids is 1. The van der Waals surface area contributed by atoms with Gasteiger partial charge in [0.2, 0.25) is 0 Å². The van der Waals surface area contributed by atoms with Gasteiger partial charge < -0.3 is 5.73 Å². The van der Waals surface area contributed by atoms with Crippen molar-refractivity contribution in [2.45, 2.75) is 25.3 Å². The molecule has 1 atom stereocenters. The SMILES string of the molecule is NC(=O)c1cn(-c2ccccc2)nc1[C@@H]1CCCN(Cc2ccccc2[N+](=O)[O-])C1. The van der Waals surface area contributed by atoms with Gasteiger partial charge in [0.1, 0.15) is 0 Å². The lowest BCUT2D eigenvalue weighted by Gasteiger charge is -2.32. The molecule has 0 saturated carbocycles. The summed E-state index contributed by atoms with van der Waals surface area (Å²) in [5.74, 6) is -0.461. The topological polar surface area (TPSA) is 107 Å². The van der Waals surface area contributed by atoms with E-state index in [0.717, 1.165) is 25.1 Å². The Balaban J connectivity index is 1.58. The lowest BCUT2D eigenvalue weighted by atomic mass is 9.92. The van der Waals surface area contributed by atoms with E-state index in [2.05, 4.69) is 4.90 Å². The van der Waals surface area contributed by atoms with E-state index in [1.54, 1.807) is 23.0 Å². The van der Waals surface area contributed by atoms with Crippen LogP contribution in [0.3, 0.4) is 0 Å². The van der Waals surface area contributed by atoms with Gasteiger partial charge in [-0.3, -0.25) is 19.8 Å². The summed E-state index contributed by atoms with van der Waals surface area (Å²) < 4.78 is 1.69. The minimum absolute atomic E-state index is 0.0361. The molecule has 8 nitrogen and oxygen atoms in total. The Kier molecular flexibility index (Phi) is 5.58. The molecule has 1 aliphatic heterocycles. The third-order valence-electron chi connectivity index (χ3n) is 5.50. The molecular weight excluding hydrogens is 382 g/mol. The van der Waals surface area contributed by atoms with Crippen LogP contribution >= 0.6 is 0 Å². The van der Waals surface area contributed by atoms with Crippen LogP contribution in [0, 0.1) is 10.1 Å². The molecule has 2 aromatic carbocycles. The van der Waals surface area contributed by atoms with Crippen LogP contribution in [0.1, 0.15) is 40.4 Å². The van der Waals surface area contributed by atoms with Crippen LogP contribution in [0.2, 0.25) is 0 Å². The van der Waals surface area contributed by atoms with Crippen molar-refractivity contribution < 1.29 is 9.72 Å². The number of hydrogen-bond donors (Lipinski definition) is 1. The lowest BCUT2D eigenvalue weighted by Crippen LogP contribution is -2.35. The van der Waals surface area contributed by atoms with E-state index in [4.69, 9.17) is 10.8 Å². The van der Waals surface area contributed by atoms with Crippen molar-refractivity contribution in [2.75, 3.05) is 13.1 Å². The number of primary amides is 1. The number of carbonyl (C=O) groups is 1. The van der Waals surface area contributed by atoms with E-state index in [-0.39, 0.29) is 16.5 Å². The second kappa shape index (κ2) is 8.46. The first kappa shape index (κ1) is 19.8. The number of benzene rings is 2. The van der Waals surface area contributed by atoms with Crippen LogP contribution in [0.4, 0.5) is 5.69 Å². The number of hydrogen-bond acceptors (Lipinski definition) is 5. The van der Waals surface area contributed by atoms with Gasteiger partial charge in [0, 0.05) is 36.8 Å². The molecule has 4 rings (SSSR count). The molecule has 2 heterocycles. The summed E-state index contributed by atoms with van der Waals surface area (Å²) in [4.78, 5) is 25.3. The van der Waals surface area contributed by atoms with Gasteiger partial charge in [-0.2, -0.15) is 5.10 Å². The van der Waals surface area contributed by atoms with Crippen LogP contribution < -0.4 is 5.73 Å². The van der Waals surface area contributed by atoms with Gasteiger partial charge in [-0.15, -0.1) is 0 Å². The fourth-order valence-electron chi connectivity index (χ4n) is 4.08. The van der Waals surface area contributed by atoms with E-state index >= 15 is 0 Å². The predicted molar refractivity (Wildman–Crippen MR) is 112 cm³/mol. The molecule has 0 bridgehead atoms. The van der Waals surface area contributed by atoms with Crippen molar-refractivity contribution in [1.82, 2.24) is 14.7 Å². The molecule has 0 aliphatic carbocycles. The Morgan fingerprint density at radius 2 is 1.90 bits per heavy atom. The van der Waals surface area contributed by atoms with Crippen LogP contribution in [0.5, 0.6) is 0 Å². The molecule has 8 heteroatoms. The molecule has 0 unspecified atom stereocenters. The molecular formula is C22H23N5O3. The number of nitro groups is 1. The molecule has 1 fully saturated rings. The molecule has 1 aliphatic rings. The average Bonchev–Trinajstić information content (AvgIpc) is 3.21. The normalized spacial score (nSPS) is 17.0. The minimum Gasteiger partial charge on any atom is -0.365 e. The van der Waals surface area contributed by atoms with Gasteiger partial charge in [0.05, 0.1) is 21.9 Å². The first-order chi connectivity index (χ1) is 14.5. The first-order valence-corrected chi connectivity index (χ1v) is 9.92. The van der Waals surface area contributed by atoms with E-state index < -0.39 is 5.91 Å². The predicted octanol–water partition coefficient (Wildman–Crippen LogP) is 3.26. The summed E-state index contributed by atoms with van der Waals surface area (Å²) >= 11 is 0. The molecule has 1 amide bonds. The van der Waals surface area contributed by atoms with Gasteiger partial charge in [-0.05, 0) is 31.5 Å². The Labute approximate surface area is 174 Å². The molecule has 1 saturated heterocycles. The fourth-order valence-corrected chi connectivity index (χ4v) is 4.08. The van der Waals surface area contributed by atoms with Gasteiger partial charge in [0.25, 0.3) is 11.6 Å². The lowest BCUT2D eigenvalue weighted by molar-refractivity contribution is -0.385. The van der Waals surface area contributed by atoms with Crippen LogP contribution in [-0.4, -0.2) is 38.6 Å². The molecule has 0 radical (unpaired) electrons. The highest BCUT2D eigenvalue weighted by atomic mass is 16.6. The molecule has 154 valence electrons. The average molecular weight is 405 g/mol. The number of aromatic nitrogens is 2. The summed E-state index contributed by atoms with van der Waals surface area (Å²) in [6, 6.07) is 16.4. The molecule has 2 N–H and O–H groups in total. The zero-order chi connectivity index (χ0) is 21.1. The number of rotatable bonds is 6. The van der Waals surface area contributed by atoms with Crippen molar-refractivity contribution in [3.8, 4) is 5.69 Å². The highest BCUT2D eigenvalue weighted by molar-refractivity contribution is 5.94. The molecule has 3 aromatic rings. The van der Waals surface area contributed by atoms with Crippen molar-refractivity contribution in [3.63, 3.8) is 0 Å². The number of nitro benzene ring substituents is 1. The monoisotopic (exact) mass is 405 g/mol. The highest BCUT2D eigenvalue weighted by Gasteiger charge is 2.28. The largest absolute Gasteiger partial charge is 0.365 e. The van der Waals surface area contributed by atoms with Crippen LogP contribution in [0.25, 0.3) is 5.69 Å². The van der Waals surface area contributed by atoms with Gasteiger partial charge in [0.15, 0.2) is 0 Å². The van der Waals surface area contributed by atoms with E-state index in [9.17, 15) is 14.9 Å². The Morgan fingerprint density at radius 3 is 2.63 bits per heavy atom. The quantitative estimate of drug-likeness (QED) is 0.500. The fraction of sp³-hybridized carbons (Fsp3) is 0.273. The number of likely N-dealkylation sites (tertiary alicyclic amines) is 1. The number of piperidine rings is 1. The molecule has 1 aromatic heterocycles. The summed E-state index contributed by atoms with van der Waals surface area (Å²) in [6.45, 7) is 1.99. The van der Waals surface area contributed by atoms with Crippen molar-refractivity contribution >= 4 is 11.6 Å². The van der Waals surface area contributed by atoms with Crippen molar-refractivity contribution in [1.29, 1.82) is 0 Å². The number of para-hydroxylation sites is 2. The third-order valence-corrected chi connectivity index (χ3v) is 5.50. The summed E-state index contributed by atoms with van der Waals surface area (Å²) in [5, 5.41) is 16.0. The highest BCUT2D eigenvalue weighted by Crippen LogP contribution is 2.30. The zero-order valence-electron chi connectivity index (χ0n) is 16.5. The zero-order valence-corrected chi connectivity index (χ0v) is 16.5. The van der Waals surface area contributed by atoms with Gasteiger partial charge in [-0.1, -0.05) is 36.4 Å². The van der Waals surface area contributed by atoms with Crippen LogP contribution in [-0.2, 0) is 6.54 Å². The first-order valence-electron chi connectivity index (χ1n) is 9.92. The van der Waals surface area contributed by atoms with E-state index in [0.29, 0.717) is 29.9 Å². The number of nitrogens with zero attached hydrogens (tertiary/aromatic N) is 4. The maximum atomic E-state index is 12.1. The van der Waals surface area contributed by atoms with E-state index in [1.165, 1.54) is 6.07 Å². The maximum absolute atomic E-state index is 12.1. The summed E-state index contributed by atoms with van der Waals surface area (Å²) in [6.07, 6.45) is 3.50. The number of nitrogens with two attached hydrogens (primary N) is 1. The van der Waals surface area contributed by atoms with Gasteiger partial charge in [-0.25, -0.2) is 4.68 Å². The third kappa shape index (κ3) is 4.08. The maximum Gasteiger partial charge on any atom is 0.273 e. The van der Waals surface area contributed by atoms with Gasteiger partial charge >= 0.3 is 0 Å². The second-order valence-electron chi connectivity index (χ2n) is 7.53. The summed E-state index contributed by atoms with van der Waals surface area (Å²) in [7, 11) is 0. The number of amides is 1. The Morgan fingerprint density at radius 1 is 1.17 bits per heavy atom.